The molecule has 0 aliphatic carbocycles. The first-order valence-electron chi connectivity index (χ1n) is 6.33. The first-order chi connectivity index (χ1) is 9.42. The highest BCUT2D eigenvalue weighted by Crippen LogP contribution is 2.19. The molecule has 1 amide bonds. The first-order valence-corrected chi connectivity index (χ1v) is 6.33. The van der Waals surface area contributed by atoms with E-state index in [0.717, 1.165) is 0 Å². The SMILES string of the molecule is COc1cc(N)cc(C(=O)OCCC(=O)NC(C)C)c1. The number of benzene rings is 1. The minimum atomic E-state index is -0.534. The van der Waals surface area contributed by atoms with Gasteiger partial charge < -0.3 is 20.5 Å². The fraction of sp³-hybridized carbons (Fsp3) is 0.429. The molecule has 0 bridgehead atoms. The molecule has 3 N–H and O–H groups in total. The number of amides is 1. The van der Waals surface area contributed by atoms with Gasteiger partial charge in [0.1, 0.15) is 12.4 Å². The Morgan fingerprint density at radius 3 is 2.60 bits per heavy atom. The summed E-state index contributed by atoms with van der Waals surface area (Å²) in [5.41, 5.74) is 6.36. The molecule has 0 aliphatic heterocycles. The summed E-state index contributed by atoms with van der Waals surface area (Å²) in [6, 6.07) is 4.70. The monoisotopic (exact) mass is 280 g/mol. The van der Waals surface area contributed by atoms with Crippen LogP contribution in [0.4, 0.5) is 5.69 Å². The minimum absolute atomic E-state index is 0.0223. The number of hydrogen-bond donors (Lipinski definition) is 2. The predicted molar refractivity (Wildman–Crippen MR) is 75.6 cm³/mol. The summed E-state index contributed by atoms with van der Waals surface area (Å²) in [5.74, 6) is -0.208. The molecule has 1 rings (SSSR count). The van der Waals surface area contributed by atoms with Gasteiger partial charge in [0.05, 0.1) is 19.1 Å². The largest absolute Gasteiger partial charge is 0.497 e. The molecule has 0 spiro atoms. The van der Waals surface area contributed by atoms with Crippen molar-refractivity contribution < 1.29 is 19.1 Å². The van der Waals surface area contributed by atoms with Gasteiger partial charge in [-0.3, -0.25) is 4.79 Å². The van der Waals surface area contributed by atoms with Crippen molar-refractivity contribution >= 4 is 17.6 Å². The van der Waals surface area contributed by atoms with Crippen molar-refractivity contribution in [3.63, 3.8) is 0 Å². The highest BCUT2D eigenvalue weighted by atomic mass is 16.5. The number of rotatable bonds is 6. The summed E-state index contributed by atoms with van der Waals surface area (Å²) in [6.07, 6.45) is 0.128. The molecule has 1 aromatic carbocycles. The maximum atomic E-state index is 11.8. The lowest BCUT2D eigenvalue weighted by Crippen LogP contribution is -2.31. The Balaban J connectivity index is 2.51. The van der Waals surface area contributed by atoms with E-state index in [1.54, 1.807) is 6.07 Å². The van der Waals surface area contributed by atoms with Crippen LogP contribution >= 0.6 is 0 Å². The summed E-state index contributed by atoms with van der Waals surface area (Å²) in [4.78, 5) is 23.2. The average Bonchev–Trinajstić information content (AvgIpc) is 2.36. The van der Waals surface area contributed by atoms with E-state index in [0.29, 0.717) is 17.0 Å². The van der Waals surface area contributed by atoms with Crippen LogP contribution in [0, 0.1) is 0 Å². The van der Waals surface area contributed by atoms with Gasteiger partial charge in [-0.2, -0.15) is 0 Å². The van der Waals surface area contributed by atoms with Crippen molar-refractivity contribution in [2.45, 2.75) is 26.3 Å². The summed E-state index contributed by atoms with van der Waals surface area (Å²) < 4.78 is 10.0. The topological polar surface area (TPSA) is 90.7 Å². The van der Waals surface area contributed by atoms with E-state index in [2.05, 4.69) is 5.32 Å². The number of esters is 1. The maximum absolute atomic E-state index is 11.8. The van der Waals surface area contributed by atoms with E-state index in [1.165, 1.54) is 19.2 Å². The zero-order valence-corrected chi connectivity index (χ0v) is 11.9. The van der Waals surface area contributed by atoms with Crippen LogP contribution in [-0.2, 0) is 9.53 Å². The zero-order valence-electron chi connectivity index (χ0n) is 11.9. The second-order valence-electron chi connectivity index (χ2n) is 4.60. The third-order valence-electron chi connectivity index (χ3n) is 2.41. The van der Waals surface area contributed by atoms with E-state index in [1.807, 2.05) is 13.8 Å². The fourth-order valence-electron chi connectivity index (χ4n) is 1.57. The maximum Gasteiger partial charge on any atom is 0.338 e. The predicted octanol–water partition coefficient (Wildman–Crippen LogP) is 1.35. The van der Waals surface area contributed by atoms with Crippen LogP contribution in [0.25, 0.3) is 0 Å². The van der Waals surface area contributed by atoms with Crippen LogP contribution in [0.2, 0.25) is 0 Å². The lowest BCUT2D eigenvalue weighted by atomic mass is 10.2. The third-order valence-corrected chi connectivity index (χ3v) is 2.41. The van der Waals surface area contributed by atoms with Gasteiger partial charge in [0.25, 0.3) is 0 Å². The molecule has 20 heavy (non-hydrogen) atoms. The molecule has 1 aromatic rings. The number of nitrogens with two attached hydrogens (primary N) is 1. The molecule has 0 radical (unpaired) electrons. The lowest BCUT2D eigenvalue weighted by Gasteiger charge is -2.09. The number of ether oxygens (including phenoxy) is 2. The summed E-state index contributed by atoms with van der Waals surface area (Å²) >= 11 is 0. The Morgan fingerprint density at radius 1 is 1.30 bits per heavy atom. The van der Waals surface area contributed by atoms with E-state index in [-0.39, 0.29) is 25.0 Å². The number of nitrogens with one attached hydrogen (secondary N) is 1. The molecule has 0 fully saturated rings. The molecule has 0 atom stereocenters. The van der Waals surface area contributed by atoms with Crippen LogP contribution in [-0.4, -0.2) is 31.6 Å². The van der Waals surface area contributed by atoms with Crippen LogP contribution in [0.3, 0.4) is 0 Å². The van der Waals surface area contributed by atoms with Gasteiger partial charge in [0.2, 0.25) is 5.91 Å². The smallest absolute Gasteiger partial charge is 0.338 e. The molecule has 0 aliphatic rings. The zero-order chi connectivity index (χ0) is 15.1. The van der Waals surface area contributed by atoms with Gasteiger partial charge in [0, 0.05) is 17.8 Å². The van der Waals surface area contributed by atoms with Crippen molar-refractivity contribution in [1.82, 2.24) is 5.32 Å². The van der Waals surface area contributed by atoms with Crippen molar-refractivity contribution in [1.29, 1.82) is 0 Å². The standard InChI is InChI=1S/C14H20N2O4/c1-9(2)16-13(17)4-5-20-14(18)10-6-11(15)8-12(7-10)19-3/h6-9H,4-5,15H2,1-3H3,(H,16,17). The highest BCUT2D eigenvalue weighted by Gasteiger charge is 2.11. The molecule has 0 heterocycles. The van der Waals surface area contributed by atoms with E-state index in [9.17, 15) is 9.59 Å². The summed E-state index contributed by atoms with van der Waals surface area (Å²) in [5, 5.41) is 2.71. The Hall–Kier alpha value is -2.24. The Labute approximate surface area is 118 Å². The first kappa shape index (κ1) is 15.8. The molecule has 0 saturated carbocycles. The Morgan fingerprint density at radius 2 is 2.00 bits per heavy atom. The molecule has 0 unspecified atom stereocenters. The average molecular weight is 280 g/mol. The van der Waals surface area contributed by atoms with Crippen molar-refractivity contribution in [2.75, 3.05) is 19.5 Å². The van der Waals surface area contributed by atoms with Crippen molar-refractivity contribution in [3.05, 3.63) is 23.8 Å². The normalized spacial score (nSPS) is 10.2. The molecule has 6 heteroatoms. The lowest BCUT2D eigenvalue weighted by molar-refractivity contribution is -0.122. The quantitative estimate of drug-likeness (QED) is 0.606. The van der Waals surface area contributed by atoms with Gasteiger partial charge in [-0.05, 0) is 26.0 Å². The fourth-order valence-corrected chi connectivity index (χ4v) is 1.57. The van der Waals surface area contributed by atoms with Crippen molar-refractivity contribution in [3.8, 4) is 5.75 Å². The van der Waals surface area contributed by atoms with Crippen LogP contribution in [0.1, 0.15) is 30.6 Å². The number of hydrogen-bond acceptors (Lipinski definition) is 5. The molecular weight excluding hydrogens is 260 g/mol. The van der Waals surface area contributed by atoms with Gasteiger partial charge >= 0.3 is 5.97 Å². The Bertz CT molecular complexity index is 486. The van der Waals surface area contributed by atoms with Crippen LogP contribution < -0.4 is 15.8 Å². The number of carbonyl (C=O) groups excluding carboxylic acids is 2. The van der Waals surface area contributed by atoms with Gasteiger partial charge in [-0.15, -0.1) is 0 Å². The van der Waals surface area contributed by atoms with Gasteiger partial charge in [-0.25, -0.2) is 4.79 Å². The van der Waals surface area contributed by atoms with E-state index < -0.39 is 5.97 Å². The number of nitrogen functional groups attached to an aromatic ring is 1. The third kappa shape index (κ3) is 5.17. The Kier molecular flexibility index (Phi) is 5.83. The summed E-state index contributed by atoms with van der Waals surface area (Å²) in [6.45, 7) is 3.75. The second-order valence-corrected chi connectivity index (χ2v) is 4.60. The molecule has 6 nitrogen and oxygen atoms in total. The van der Waals surface area contributed by atoms with E-state index in [4.69, 9.17) is 15.2 Å². The number of methoxy groups -OCH3 is 1. The second kappa shape index (κ2) is 7.37. The molecule has 0 aromatic heterocycles. The summed E-state index contributed by atoms with van der Waals surface area (Å²) in [7, 11) is 1.49. The van der Waals surface area contributed by atoms with Crippen LogP contribution in [0.5, 0.6) is 5.75 Å². The van der Waals surface area contributed by atoms with Crippen LogP contribution in [0.15, 0.2) is 18.2 Å². The highest BCUT2D eigenvalue weighted by molar-refractivity contribution is 5.91. The van der Waals surface area contributed by atoms with E-state index >= 15 is 0 Å². The molecule has 110 valence electrons. The molecular formula is C14H20N2O4. The van der Waals surface area contributed by atoms with Gasteiger partial charge in [-0.1, -0.05) is 0 Å². The number of anilines is 1. The number of carbonyl (C=O) groups is 2. The van der Waals surface area contributed by atoms with Gasteiger partial charge in [0.15, 0.2) is 0 Å². The molecule has 0 saturated heterocycles. The van der Waals surface area contributed by atoms with Crippen molar-refractivity contribution in [2.24, 2.45) is 0 Å². The minimum Gasteiger partial charge on any atom is -0.497 e.